The van der Waals surface area contributed by atoms with Crippen molar-refractivity contribution in [3.63, 3.8) is 0 Å². The highest BCUT2D eigenvalue weighted by molar-refractivity contribution is 6.64. The number of carbonyl (C=O) groups excluding carboxylic acids is 2. The molecule has 0 radical (unpaired) electrons. The summed E-state index contributed by atoms with van der Waals surface area (Å²) in [5.74, 6) is -0.658. The number of methoxy groups -OCH3 is 1. The molecule has 1 aromatic heterocycles. The molecule has 0 saturated heterocycles. The molecular formula is C28H33ClN2O4. The minimum Gasteiger partial charge on any atom is -0.457 e. The molecule has 0 amide bonds. The predicted octanol–water partition coefficient (Wildman–Crippen LogP) is 5.07. The molecule has 1 heterocycles. The largest absolute Gasteiger partial charge is 0.457 e. The van der Waals surface area contributed by atoms with Crippen LogP contribution in [0.4, 0.5) is 0 Å². The summed E-state index contributed by atoms with van der Waals surface area (Å²) >= 11 is 5.66. The molecule has 1 aliphatic carbocycles. The zero-order valence-electron chi connectivity index (χ0n) is 20.9. The third-order valence-electron chi connectivity index (χ3n) is 6.07. The Morgan fingerprint density at radius 3 is 2.43 bits per heavy atom. The monoisotopic (exact) mass is 496 g/mol. The van der Waals surface area contributed by atoms with Crippen LogP contribution in [-0.4, -0.2) is 36.0 Å². The number of benzene rings is 1. The Morgan fingerprint density at radius 1 is 1.17 bits per heavy atom. The lowest BCUT2D eigenvalue weighted by Gasteiger charge is -2.23. The average Bonchev–Trinajstić information content (AvgIpc) is 2.82. The SMILES string of the molecule is COC1C=C(COC(=O)c2c(C)nc(CC(C)C)c(CN)c2-c2ccc(C)cc2)C=CC1C(=O)Cl. The number of hydrogen-bond donors (Lipinski definition) is 1. The van der Waals surface area contributed by atoms with Crippen molar-refractivity contribution in [2.75, 3.05) is 13.7 Å². The van der Waals surface area contributed by atoms with Crippen molar-refractivity contribution in [3.05, 3.63) is 76.1 Å². The summed E-state index contributed by atoms with van der Waals surface area (Å²) in [6.07, 6.45) is 5.41. The molecule has 2 N–H and O–H groups in total. The Labute approximate surface area is 212 Å². The van der Waals surface area contributed by atoms with E-state index in [0.717, 1.165) is 39.9 Å². The molecule has 186 valence electrons. The van der Waals surface area contributed by atoms with Gasteiger partial charge in [0.2, 0.25) is 5.24 Å². The van der Waals surface area contributed by atoms with Crippen molar-refractivity contribution in [1.82, 2.24) is 4.98 Å². The molecule has 0 bridgehead atoms. The summed E-state index contributed by atoms with van der Waals surface area (Å²) in [6, 6.07) is 8.02. The van der Waals surface area contributed by atoms with Gasteiger partial charge in [0, 0.05) is 24.9 Å². The number of halogens is 1. The standard InChI is InChI=1S/C28H33ClN2O4/c1-16(2)12-23-22(14-30)26(20-9-6-17(3)7-10-20)25(18(4)31-23)28(33)35-15-19-8-11-21(27(29)32)24(13-19)34-5/h6-11,13,16,21,24H,12,14-15,30H2,1-5H3. The summed E-state index contributed by atoms with van der Waals surface area (Å²) in [6.45, 7) is 8.40. The fourth-order valence-electron chi connectivity index (χ4n) is 4.31. The number of aromatic nitrogens is 1. The number of pyridine rings is 1. The summed E-state index contributed by atoms with van der Waals surface area (Å²) in [7, 11) is 1.51. The number of nitrogens with zero attached hydrogens (tertiary/aromatic N) is 1. The molecule has 6 nitrogen and oxygen atoms in total. The van der Waals surface area contributed by atoms with Gasteiger partial charge in [0.15, 0.2) is 0 Å². The van der Waals surface area contributed by atoms with E-state index in [1.165, 1.54) is 7.11 Å². The second-order valence-corrected chi connectivity index (χ2v) is 9.62. The predicted molar refractivity (Wildman–Crippen MR) is 138 cm³/mol. The molecule has 7 heteroatoms. The molecule has 0 fully saturated rings. The number of aryl methyl sites for hydroxylation is 2. The molecule has 2 atom stereocenters. The van der Waals surface area contributed by atoms with E-state index < -0.39 is 23.2 Å². The van der Waals surface area contributed by atoms with Gasteiger partial charge in [0.05, 0.1) is 23.3 Å². The maximum Gasteiger partial charge on any atom is 0.340 e. The quantitative estimate of drug-likeness (QED) is 0.385. The lowest BCUT2D eigenvalue weighted by Crippen LogP contribution is -2.27. The number of ether oxygens (including phenoxy) is 2. The van der Waals surface area contributed by atoms with E-state index in [4.69, 9.17) is 31.8 Å². The number of esters is 1. The van der Waals surface area contributed by atoms with Gasteiger partial charge in [-0.2, -0.15) is 0 Å². The first-order valence-electron chi connectivity index (χ1n) is 11.7. The van der Waals surface area contributed by atoms with Crippen LogP contribution in [-0.2, 0) is 27.2 Å². The van der Waals surface area contributed by atoms with Gasteiger partial charge in [0.1, 0.15) is 6.61 Å². The summed E-state index contributed by atoms with van der Waals surface area (Å²) in [5.41, 5.74) is 12.5. The van der Waals surface area contributed by atoms with Gasteiger partial charge >= 0.3 is 5.97 Å². The molecule has 1 aliphatic rings. The van der Waals surface area contributed by atoms with E-state index in [1.54, 1.807) is 18.2 Å². The topological polar surface area (TPSA) is 91.5 Å². The molecular weight excluding hydrogens is 464 g/mol. The van der Waals surface area contributed by atoms with Gasteiger partial charge < -0.3 is 15.2 Å². The van der Waals surface area contributed by atoms with Crippen molar-refractivity contribution in [2.24, 2.45) is 17.6 Å². The average molecular weight is 497 g/mol. The van der Waals surface area contributed by atoms with Crippen LogP contribution in [0.3, 0.4) is 0 Å². The van der Waals surface area contributed by atoms with E-state index in [1.807, 2.05) is 38.1 Å². The molecule has 2 unspecified atom stereocenters. The van der Waals surface area contributed by atoms with Crippen molar-refractivity contribution >= 4 is 22.8 Å². The second-order valence-electron chi connectivity index (χ2n) is 9.25. The molecule has 2 aromatic rings. The van der Waals surface area contributed by atoms with Gasteiger partial charge in [-0.15, -0.1) is 0 Å². The molecule has 1 aromatic carbocycles. The summed E-state index contributed by atoms with van der Waals surface area (Å²) in [5, 5.41) is -0.499. The first kappa shape index (κ1) is 26.8. The lowest BCUT2D eigenvalue weighted by molar-refractivity contribution is -0.116. The third-order valence-corrected chi connectivity index (χ3v) is 6.32. The highest BCUT2D eigenvalue weighted by Crippen LogP contribution is 2.33. The Kier molecular flexibility index (Phi) is 9.00. The zero-order valence-corrected chi connectivity index (χ0v) is 21.7. The van der Waals surface area contributed by atoms with E-state index in [-0.39, 0.29) is 13.2 Å². The van der Waals surface area contributed by atoms with Gasteiger partial charge in [-0.05, 0) is 60.6 Å². The van der Waals surface area contributed by atoms with Crippen molar-refractivity contribution in [1.29, 1.82) is 0 Å². The Bertz CT molecular complexity index is 1150. The van der Waals surface area contributed by atoms with Gasteiger partial charge in [-0.3, -0.25) is 9.78 Å². The van der Waals surface area contributed by atoms with E-state index in [2.05, 4.69) is 13.8 Å². The van der Waals surface area contributed by atoms with E-state index in [9.17, 15) is 9.59 Å². The maximum absolute atomic E-state index is 13.4. The highest BCUT2D eigenvalue weighted by atomic mass is 35.5. The number of hydrogen-bond acceptors (Lipinski definition) is 6. The van der Waals surface area contributed by atoms with Gasteiger partial charge in [-0.25, -0.2) is 4.79 Å². The molecule has 3 rings (SSSR count). The third kappa shape index (κ3) is 6.26. The van der Waals surface area contributed by atoms with Gasteiger partial charge in [0.25, 0.3) is 0 Å². The molecule has 0 spiro atoms. The van der Waals surface area contributed by atoms with Crippen LogP contribution in [0.25, 0.3) is 11.1 Å². The van der Waals surface area contributed by atoms with Crippen LogP contribution in [0.15, 0.2) is 48.1 Å². The van der Waals surface area contributed by atoms with E-state index in [0.29, 0.717) is 17.2 Å². The van der Waals surface area contributed by atoms with Crippen molar-refractivity contribution < 1.29 is 19.1 Å². The van der Waals surface area contributed by atoms with Crippen LogP contribution in [0.1, 0.15) is 46.7 Å². The molecule has 35 heavy (non-hydrogen) atoms. The lowest BCUT2D eigenvalue weighted by atomic mass is 9.89. The van der Waals surface area contributed by atoms with Crippen LogP contribution in [0.2, 0.25) is 0 Å². The Morgan fingerprint density at radius 2 is 1.86 bits per heavy atom. The zero-order chi connectivity index (χ0) is 25.7. The second kappa shape index (κ2) is 11.8. The smallest absolute Gasteiger partial charge is 0.340 e. The van der Waals surface area contributed by atoms with Crippen LogP contribution < -0.4 is 5.73 Å². The van der Waals surface area contributed by atoms with Crippen LogP contribution in [0, 0.1) is 25.7 Å². The van der Waals surface area contributed by atoms with Gasteiger partial charge in [-0.1, -0.05) is 55.8 Å². The Balaban J connectivity index is 1.99. The molecule has 0 saturated carbocycles. The maximum atomic E-state index is 13.4. The number of nitrogens with two attached hydrogens (primary N) is 1. The minimum absolute atomic E-state index is 0.0247. The number of carbonyl (C=O) groups is 2. The first-order valence-corrected chi connectivity index (χ1v) is 12.1. The summed E-state index contributed by atoms with van der Waals surface area (Å²) in [4.78, 5) is 29.8. The van der Waals surface area contributed by atoms with Crippen molar-refractivity contribution in [3.8, 4) is 11.1 Å². The first-order chi connectivity index (χ1) is 16.7. The van der Waals surface area contributed by atoms with Crippen LogP contribution >= 0.6 is 11.6 Å². The summed E-state index contributed by atoms with van der Waals surface area (Å²) < 4.78 is 11.1. The van der Waals surface area contributed by atoms with Crippen LogP contribution in [0.5, 0.6) is 0 Å². The fourth-order valence-corrected chi connectivity index (χ4v) is 4.51. The van der Waals surface area contributed by atoms with Crippen molar-refractivity contribution in [2.45, 2.75) is 46.8 Å². The highest BCUT2D eigenvalue weighted by Gasteiger charge is 2.28. The normalized spacial score (nSPS) is 17.4. The Hall–Kier alpha value is -2.80. The number of rotatable bonds is 9. The minimum atomic E-state index is -0.568. The fraction of sp³-hybridized carbons (Fsp3) is 0.393. The van der Waals surface area contributed by atoms with E-state index >= 15 is 0 Å². The molecule has 0 aliphatic heterocycles.